The first-order valence-corrected chi connectivity index (χ1v) is 11.7. The third-order valence-electron chi connectivity index (χ3n) is 5.31. The molecule has 0 aromatic heterocycles. The number of nitrogens with one attached hydrogen (secondary N) is 2. The summed E-state index contributed by atoms with van der Waals surface area (Å²) in [5, 5.41) is 15.5. The molecule has 5 nitrogen and oxygen atoms in total. The van der Waals surface area contributed by atoms with Crippen molar-refractivity contribution >= 4 is 81.2 Å². The average molecular weight is 554 g/mol. The van der Waals surface area contributed by atoms with E-state index in [-0.39, 0.29) is 10.6 Å². The van der Waals surface area contributed by atoms with Gasteiger partial charge in [0.2, 0.25) is 5.91 Å². The fourth-order valence-electron chi connectivity index (χ4n) is 3.68. The summed E-state index contributed by atoms with van der Waals surface area (Å²) in [6.45, 7) is 0. The fraction of sp³-hybridized carbons (Fsp3) is 0.125. The van der Waals surface area contributed by atoms with Gasteiger partial charge in [0.15, 0.2) is 0 Å². The van der Waals surface area contributed by atoms with Crippen molar-refractivity contribution in [3.63, 3.8) is 0 Å². The number of hydrogen-bond acceptors (Lipinski definition) is 3. The van der Waals surface area contributed by atoms with E-state index in [4.69, 9.17) is 63.3 Å². The predicted octanol–water partition coefficient (Wildman–Crippen LogP) is 7.30. The van der Waals surface area contributed by atoms with Crippen molar-refractivity contribution in [3.8, 4) is 6.07 Å². The molecule has 1 aliphatic rings. The van der Waals surface area contributed by atoms with Gasteiger partial charge in [-0.1, -0.05) is 40.9 Å². The van der Waals surface area contributed by atoms with Gasteiger partial charge in [-0.3, -0.25) is 9.59 Å². The van der Waals surface area contributed by atoms with Crippen LogP contribution in [0.2, 0.25) is 15.1 Å². The average Bonchev–Trinajstić information content (AvgIpc) is 3.36. The van der Waals surface area contributed by atoms with Crippen LogP contribution in [-0.4, -0.2) is 16.1 Å². The number of carbonyl (C=O) groups is 2. The van der Waals surface area contributed by atoms with Crippen molar-refractivity contribution in [2.75, 3.05) is 10.6 Å². The lowest BCUT2D eigenvalue weighted by molar-refractivity contribution is -0.117. The van der Waals surface area contributed by atoms with Crippen molar-refractivity contribution in [2.24, 2.45) is 5.92 Å². The molecule has 0 heterocycles. The smallest absolute Gasteiger partial charge is 0.257 e. The molecule has 0 spiro atoms. The van der Waals surface area contributed by atoms with Gasteiger partial charge < -0.3 is 10.6 Å². The lowest BCUT2D eigenvalue weighted by Crippen LogP contribution is -2.18. The van der Waals surface area contributed by atoms with E-state index in [0.29, 0.717) is 32.5 Å². The minimum Gasteiger partial charge on any atom is -0.326 e. The second-order valence-corrected chi connectivity index (χ2v) is 10.4. The normalized spacial score (nSPS) is 18.0. The molecule has 2 amide bonds. The molecule has 34 heavy (non-hydrogen) atoms. The first-order valence-electron chi connectivity index (χ1n) is 9.86. The molecule has 10 heteroatoms. The van der Waals surface area contributed by atoms with Crippen LogP contribution in [0.4, 0.5) is 11.4 Å². The van der Waals surface area contributed by atoms with E-state index in [1.54, 1.807) is 42.5 Å². The second-order valence-electron chi connectivity index (χ2n) is 7.66. The largest absolute Gasteiger partial charge is 0.326 e. The number of alkyl halides is 2. The molecule has 0 bridgehead atoms. The van der Waals surface area contributed by atoms with Gasteiger partial charge in [0.25, 0.3) is 5.91 Å². The predicted molar refractivity (Wildman–Crippen MR) is 136 cm³/mol. The van der Waals surface area contributed by atoms with Gasteiger partial charge in [0.05, 0.1) is 28.1 Å². The summed E-state index contributed by atoms with van der Waals surface area (Å²) in [6.07, 6.45) is 0. The van der Waals surface area contributed by atoms with E-state index in [9.17, 15) is 9.59 Å². The zero-order valence-corrected chi connectivity index (χ0v) is 20.9. The lowest BCUT2D eigenvalue weighted by Gasteiger charge is -2.10. The summed E-state index contributed by atoms with van der Waals surface area (Å²) in [4.78, 5) is 25.7. The number of halogens is 5. The van der Waals surface area contributed by atoms with Crippen LogP contribution in [0.1, 0.15) is 27.4 Å². The summed E-state index contributed by atoms with van der Waals surface area (Å²) in [6, 6.07) is 17.9. The molecule has 0 radical (unpaired) electrons. The van der Waals surface area contributed by atoms with E-state index in [1.165, 1.54) is 18.2 Å². The quantitative estimate of drug-likeness (QED) is 0.325. The summed E-state index contributed by atoms with van der Waals surface area (Å²) in [5.41, 5.74) is 1.96. The number of benzene rings is 3. The van der Waals surface area contributed by atoms with E-state index < -0.39 is 28.0 Å². The molecule has 1 aliphatic carbocycles. The molecule has 2 unspecified atom stereocenters. The van der Waals surface area contributed by atoms with E-state index in [2.05, 4.69) is 10.6 Å². The summed E-state index contributed by atoms with van der Waals surface area (Å²) in [7, 11) is 0. The van der Waals surface area contributed by atoms with Gasteiger partial charge in [-0.25, -0.2) is 0 Å². The third kappa shape index (κ3) is 5.12. The van der Waals surface area contributed by atoms with Crippen LogP contribution in [0.25, 0.3) is 0 Å². The minimum absolute atomic E-state index is 0.138. The molecule has 3 aromatic rings. The molecule has 1 saturated carbocycles. The summed E-state index contributed by atoms with van der Waals surface area (Å²) < 4.78 is -1.34. The Hall–Kier alpha value is -2.46. The van der Waals surface area contributed by atoms with Gasteiger partial charge in [0.1, 0.15) is 4.33 Å². The molecule has 4 rings (SSSR count). The highest BCUT2D eigenvalue weighted by Crippen LogP contribution is 2.65. The zero-order chi connectivity index (χ0) is 24.6. The molecule has 0 saturated heterocycles. The maximum absolute atomic E-state index is 13.0. The van der Waals surface area contributed by atoms with Gasteiger partial charge in [0, 0.05) is 27.3 Å². The maximum Gasteiger partial charge on any atom is 0.257 e. The highest BCUT2D eigenvalue weighted by molar-refractivity contribution is 6.53. The molecule has 0 aliphatic heterocycles. The number of nitrogens with zero attached hydrogens (tertiary/aromatic N) is 1. The Labute approximate surface area is 220 Å². The van der Waals surface area contributed by atoms with Gasteiger partial charge in [-0.05, 0) is 60.2 Å². The second kappa shape index (κ2) is 9.65. The number of nitriles is 1. The minimum atomic E-state index is -1.34. The van der Waals surface area contributed by atoms with E-state index in [1.807, 2.05) is 6.07 Å². The topological polar surface area (TPSA) is 82.0 Å². The molecule has 3 aromatic carbocycles. The summed E-state index contributed by atoms with van der Waals surface area (Å²) >= 11 is 31.2. The van der Waals surface area contributed by atoms with Crippen LogP contribution in [0, 0.1) is 17.2 Å². The number of rotatable bonds is 5. The maximum atomic E-state index is 13.0. The molecular weight excluding hydrogens is 540 g/mol. The Morgan fingerprint density at radius 3 is 2.24 bits per heavy atom. The molecule has 2 atom stereocenters. The van der Waals surface area contributed by atoms with Crippen molar-refractivity contribution in [3.05, 3.63) is 92.4 Å². The van der Waals surface area contributed by atoms with E-state index in [0.717, 1.165) is 0 Å². The molecule has 2 N–H and O–H groups in total. The molecular formula is C24H14Cl5N3O2. The van der Waals surface area contributed by atoms with Crippen LogP contribution < -0.4 is 10.6 Å². The van der Waals surface area contributed by atoms with Crippen LogP contribution in [0.15, 0.2) is 60.7 Å². The van der Waals surface area contributed by atoms with Crippen molar-refractivity contribution in [1.82, 2.24) is 0 Å². The Kier molecular flexibility index (Phi) is 7.00. The highest BCUT2D eigenvalue weighted by atomic mass is 35.5. The Morgan fingerprint density at radius 1 is 0.882 bits per heavy atom. The van der Waals surface area contributed by atoms with Crippen LogP contribution >= 0.6 is 58.0 Å². The van der Waals surface area contributed by atoms with E-state index >= 15 is 0 Å². The van der Waals surface area contributed by atoms with Gasteiger partial charge in [-0.15, -0.1) is 23.2 Å². The number of amides is 2. The van der Waals surface area contributed by atoms with Crippen LogP contribution in [0.5, 0.6) is 0 Å². The first kappa shape index (κ1) is 24.7. The Morgan fingerprint density at radius 2 is 1.56 bits per heavy atom. The van der Waals surface area contributed by atoms with Crippen molar-refractivity contribution < 1.29 is 9.59 Å². The summed E-state index contributed by atoms with van der Waals surface area (Å²) in [5.74, 6) is -2.19. The Balaban J connectivity index is 1.51. The zero-order valence-electron chi connectivity index (χ0n) is 17.1. The van der Waals surface area contributed by atoms with Crippen LogP contribution in [-0.2, 0) is 4.79 Å². The fourth-order valence-corrected chi connectivity index (χ4v) is 5.26. The molecule has 172 valence electrons. The lowest BCUT2D eigenvalue weighted by atomic mass is 10.1. The number of carbonyl (C=O) groups excluding carboxylic acids is 2. The number of anilines is 2. The SMILES string of the molecule is N#Cc1cccc(NC(=O)c2cc(NC(=O)C3C(c4cc(Cl)cc(Cl)c4)C3(Cl)Cl)ccc2Cl)c1. The highest BCUT2D eigenvalue weighted by Gasteiger charge is 2.67. The van der Waals surface area contributed by atoms with Crippen molar-refractivity contribution in [2.45, 2.75) is 10.3 Å². The van der Waals surface area contributed by atoms with Gasteiger partial charge in [-0.2, -0.15) is 5.26 Å². The molecule has 1 fully saturated rings. The van der Waals surface area contributed by atoms with Gasteiger partial charge >= 0.3 is 0 Å². The van der Waals surface area contributed by atoms with Crippen molar-refractivity contribution in [1.29, 1.82) is 5.26 Å². The monoisotopic (exact) mass is 551 g/mol. The third-order valence-corrected chi connectivity index (χ3v) is 7.01. The Bertz CT molecular complexity index is 1330. The number of hydrogen-bond donors (Lipinski definition) is 2. The first-order chi connectivity index (χ1) is 16.1. The van der Waals surface area contributed by atoms with Crippen LogP contribution in [0.3, 0.4) is 0 Å². The standard InChI is InChI=1S/C24H14Cl5N3O2/c25-14-7-13(8-15(26)9-14)20-21(24(20,28)29)23(34)32-17-4-5-19(27)18(10-17)22(33)31-16-3-1-2-12(6-16)11-30/h1-10,20-21H,(H,31,33)(H,32,34).